The van der Waals surface area contributed by atoms with E-state index in [2.05, 4.69) is 15.2 Å². The Labute approximate surface area is 138 Å². The molecule has 2 heterocycles. The molecule has 1 saturated carbocycles. The Hall–Kier alpha value is -0.490. The highest BCUT2D eigenvalue weighted by atomic mass is 31.2. The molecule has 2 unspecified atom stereocenters. The van der Waals surface area contributed by atoms with Crippen molar-refractivity contribution in [3.63, 3.8) is 0 Å². The van der Waals surface area contributed by atoms with Crippen LogP contribution < -0.4 is 0 Å². The summed E-state index contributed by atoms with van der Waals surface area (Å²) in [7, 11) is -3.17. The van der Waals surface area contributed by atoms with Gasteiger partial charge in [0.05, 0.1) is 13.2 Å². The standard InChI is InChI=1S/C15H29N4O3P/c1-3-21-23(20,22-4-2)13-19-15(18-11-7-8-12-18)10-6-5-9-14(15)16-17-19/h14H,3-13H2,1-2H3. The highest BCUT2D eigenvalue weighted by molar-refractivity contribution is 7.53. The van der Waals surface area contributed by atoms with Crippen molar-refractivity contribution >= 4 is 7.60 Å². The van der Waals surface area contributed by atoms with E-state index in [0.717, 1.165) is 25.9 Å². The zero-order valence-corrected chi connectivity index (χ0v) is 15.2. The lowest BCUT2D eigenvalue weighted by Crippen LogP contribution is -2.63. The van der Waals surface area contributed by atoms with Gasteiger partial charge in [0.25, 0.3) is 0 Å². The number of rotatable bonds is 7. The molecule has 2 fully saturated rings. The quantitative estimate of drug-likeness (QED) is 0.660. The van der Waals surface area contributed by atoms with E-state index in [0.29, 0.717) is 13.2 Å². The van der Waals surface area contributed by atoms with E-state index >= 15 is 0 Å². The van der Waals surface area contributed by atoms with Crippen LogP contribution in [0.3, 0.4) is 0 Å². The van der Waals surface area contributed by atoms with E-state index in [1.54, 1.807) is 0 Å². The predicted molar refractivity (Wildman–Crippen MR) is 88.2 cm³/mol. The molecule has 0 radical (unpaired) electrons. The molecule has 3 aliphatic rings. The van der Waals surface area contributed by atoms with Gasteiger partial charge in [-0.05, 0) is 46.0 Å². The molecular weight excluding hydrogens is 315 g/mol. The third-order valence-electron chi connectivity index (χ3n) is 5.16. The molecular formula is C15H29N4O3P. The second-order valence-corrected chi connectivity index (χ2v) is 8.55. The lowest BCUT2D eigenvalue weighted by Gasteiger charge is -2.49. The van der Waals surface area contributed by atoms with E-state index in [4.69, 9.17) is 9.05 Å². The molecule has 7 nitrogen and oxygen atoms in total. The summed E-state index contributed by atoms with van der Waals surface area (Å²) in [6.45, 7) is 6.59. The smallest absolute Gasteiger partial charge is 0.308 e. The van der Waals surface area contributed by atoms with Crippen LogP contribution in [0.25, 0.3) is 0 Å². The molecule has 2 aliphatic heterocycles. The van der Waals surface area contributed by atoms with Crippen LogP contribution >= 0.6 is 7.60 Å². The van der Waals surface area contributed by atoms with Gasteiger partial charge in [-0.1, -0.05) is 11.6 Å². The summed E-state index contributed by atoms with van der Waals surface area (Å²) in [5.41, 5.74) is -0.210. The lowest BCUT2D eigenvalue weighted by molar-refractivity contribution is -0.0551. The highest BCUT2D eigenvalue weighted by Crippen LogP contribution is 2.53. The third-order valence-corrected chi connectivity index (χ3v) is 7.08. The number of nitrogens with zero attached hydrogens (tertiary/aromatic N) is 4. The van der Waals surface area contributed by atoms with E-state index in [1.165, 1.54) is 25.7 Å². The fourth-order valence-electron chi connectivity index (χ4n) is 4.24. The lowest BCUT2D eigenvalue weighted by atomic mass is 9.83. The van der Waals surface area contributed by atoms with Gasteiger partial charge in [-0.15, -0.1) is 0 Å². The molecule has 8 heteroatoms. The van der Waals surface area contributed by atoms with Crippen LogP contribution in [0.4, 0.5) is 0 Å². The molecule has 23 heavy (non-hydrogen) atoms. The van der Waals surface area contributed by atoms with E-state index < -0.39 is 7.60 Å². The van der Waals surface area contributed by atoms with Gasteiger partial charge in [0.15, 0.2) is 0 Å². The van der Waals surface area contributed by atoms with Crippen molar-refractivity contribution in [3.05, 3.63) is 0 Å². The first kappa shape index (κ1) is 17.3. The normalized spacial score (nSPS) is 31.7. The van der Waals surface area contributed by atoms with Gasteiger partial charge in [0.1, 0.15) is 18.0 Å². The van der Waals surface area contributed by atoms with Gasteiger partial charge in [-0.2, -0.15) is 5.11 Å². The zero-order valence-electron chi connectivity index (χ0n) is 14.3. The molecule has 2 atom stereocenters. The Morgan fingerprint density at radius 1 is 1.13 bits per heavy atom. The summed E-state index contributed by atoms with van der Waals surface area (Å²) < 4.78 is 24.0. The maximum absolute atomic E-state index is 13.0. The zero-order chi connectivity index (χ0) is 16.3. The average molecular weight is 344 g/mol. The Balaban J connectivity index is 1.84. The molecule has 0 aromatic carbocycles. The molecule has 3 rings (SSSR count). The molecule has 0 N–H and O–H groups in total. The van der Waals surface area contributed by atoms with E-state index in [-0.39, 0.29) is 18.0 Å². The Kier molecular flexibility index (Phi) is 5.41. The molecule has 0 bridgehead atoms. The van der Waals surface area contributed by atoms with Crippen LogP contribution in [-0.2, 0) is 13.6 Å². The molecule has 1 aliphatic carbocycles. The van der Waals surface area contributed by atoms with Crippen molar-refractivity contribution in [2.24, 2.45) is 10.3 Å². The van der Waals surface area contributed by atoms with Crippen LogP contribution in [0.2, 0.25) is 0 Å². The molecule has 132 valence electrons. The SMILES string of the molecule is CCOP(=O)(CN1N=NC2CCCCC21N1CCCC1)OCC. The molecule has 0 aromatic heterocycles. The number of hydrogen-bond donors (Lipinski definition) is 0. The van der Waals surface area contributed by atoms with Crippen molar-refractivity contribution < 1.29 is 13.6 Å². The maximum Gasteiger partial charge on any atom is 0.351 e. The van der Waals surface area contributed by atoms with Gasteiger partial charge in [-0.25, -0.2) is 5.01 Å². The Morgan fingerprint density at radius 2 is 1.83 bits per heavy atom. The first-order valence-corrected chi connectivity index (χ1v) is 10.7. The summed E-state index contributed by atoms with van der Waals surface area (Å²) in [5, 5.41) is 10.9. The number of likely N-dealkylation sites (tertiary alicyclic amines) is 1. The fraction of sp³-hybridized carbons (Fsp3) is 1.00. The predicted octanol–water partition coefficient (Wildman–Crippen LogP) is 3.63. The highest BCUT2D eigenvalue weighted by Gasteiger charge is 2.55. The van der Waals surface area contributed by atoms with Gasteiger partial charge in [0, 0.05) is 13.1 Å². The first-order chi connectivity index (χ1) is 11.1. The van der Waals surface area contributed by atoms with Gasteiger partial charge in [-0.3, -0.25) is 9.46 Å². The number of fused-ring (bicyclic) bond motifs is 1. The minimum Gasteiger partial charge on any atom is -0.308 e. The van der Waals surface area contributed by atoms with Crippen molar-refractivity contribution in [2.75, 3.05) is 32.6 Å². The van der Waals surface area contributed by atoms with Gasteiger partial charge >= 0.3 is 7.60 Å². The van der Waals surface area contributed by atoms with Crippen molar-refractivity contribution in [1.82, 2.24) is 9.91 Å². The van der Waals surface area contributed by atoms with Crippen LogP contribution in [0.5, 0.6) is 0 Å². The topological polar surface area (TPSA) is 66.7 Å². The summed E-state index contributed by atoms with van der Waals surface area (Å²) >= 11 is 0. The second-order valence-electron chi connectivity index (χ2n) is 6.53. The minimum atomic E-state index is -3.17. The average Bonchev–Trinajstić information content (AvgIpc) is 3.17. The second kappa shape index (κ2) is 7.18. The third kappa shape index (κ3) is 3.21. The van der Waals surface area contributed by atoms with Crippen molar-refractivity contribution in [2.45, 2.75) is 64.1 Å². The summed E-state index contributed by atoms with van der Waals surface area (Å²) in [5.74, 6) is 0. The van der Waals surface area contributed by atoms with Gasteiger partial charge in [0.2, 0.25) is 0 Å². The van der Waals surface area contributed by atoms with Crippen LogP contribution in [0.15, 0.2) is 10.3 Å². The van der Waals surface area contributed by atoms with Gasteiger partial charge < -0.3 is 9.05 Å². The van der Waals surface area contributed by atoms with E-state index in [1.807, 2.05) is 18.9 Å². The summed E-state index contributed by atoms with van der Waals surface area (Å²) in [6, 6.07) is 0.186. The summed E-state index contributed by atoms with van der Waals surface area (Å²) in [6.07, 6.45) is 7.09. The Morgan fingerprint density at radius 3 is 2.48 bits per heavy atom. The van der Waals surface area contributed by atoms with Crippen molar-refractivity contribution in [1.29, 1.82) is 0 Å². The molecule has 1 saturated heterocycles. The van der Waals surface area contributed by atoms with Crippen molar-refractivity contribution in [3.8, 4) is 0 Å². The van der Waals surface area contributed by atoms with Crippen LogP contribution in [-0.4, -0.2) is 54.2 Å². The number of hydrogen-bond acceptors (Lipinski definition) is 7. The van der Waals surface area contributed by atoms with Crippen LogP contribution in [0, 0.1) is 0 Å². The largest absolute Gasteiger partial charge is 0.351 e. The van der Waals surface area contributed by atoms with E-state index in [9.17, 15) is 4.57 Å². The summed E-state index contributed by atoms with van der Waals surface area (Å²) in [4.78, 5) is 2.51. The monoisotopic (exact) mass is 344 g/mol. The maximum atomic E-state index is 13.0. The molecule has 0 aromatic rings. The molecule has 0 amide bonds. The van der Waals surface area contributed by atoms with Crippen LogP contribution in [0.1, 0.15) is 52.4 Å². The first-order valence-electron chi connectivity index (χ1n) is 8.96. The Bertz CT molecular complexity index is 473. The fourth-order valence-corrected chi connectivity index (χ4v) is 5.89. The molecule has 0 spiro atoms. The minimum absolute atomic E-state index is 0.186.